The molecule has 100 valence electrons. The summed E-state index contributed by atoms with van der Waals surface area (Å²) in [6.45, 7) is 7.46. The molecular formula is C12H24N2O3. The SMILES string of the molecule is CC(CN)CCC(=O)NCC1COC(C)(C)O1. The number of hydrogen-bond acceptors (Lipinski definition) is 4. The van der Waals surface area contributed by atoms with Crippen LogP contribution in [0.4, 0.5) is 0 Å². The lowest BCUT2D eigenvalue weighted by Crippen LogP contribution is -2.34. The third kappa shape index (κ3) is 5.48. The predicted molar refractivity (Wildman–Crippen MR) is 65.4 cm³/mol. The smallest absolute Gasteiger partial charge is 0.220 e. The Morgan fingerprint density at radius 3 is 2.82 bits per heavy atom. The second-order valence-corrected chi connectivity index (χ2v) is 5.13. The van der Waals surface area contributed by atoms with E-state index < -0.39 is 5.79 Å². The van der Waals surface area contributed by atoms with Gasteiger partial charge in [0.2, 0.25) is 5.91 Å². The molecule has 0 radical (unpaired) electrons. The molecule has 0 bridgehead atoms. The van der Waals surface area contributed by atoms with Gasteiger partial charge in [0.25, 0.3) is 0 Å². The first-order chi connectivity index (χ1) is 7.93. The second kappa shape index (κ2) is 6.33. The second-order valence-electron chi connectivity index (χ2n) is 5.13. The molecule has 1 saturated heterocycles. The first-order valence-corrected chi connectivity index (χ1v) is 6.21. The summed E-state index contributed by atoms with van der Waals surface area (Å²) in [6, 6.07) is 0. The van der Waals surface area contributed by atoms with Crippen molar-refractivity contribution in [1.29, 1.82) is 0 Å². The van der Waals surface area contributed by atoms with Gasteiger partial charge in [0.05, 0.1) is 6.61 Å². The summed E-state index contributed by atoms with van der Waals surface area (Å²) in [5, 5.41) is 2.86. The minimum atomic E-state index is -0.524. The fourth-order valence-corrected chi connectivity index (χ4v) is 1.68. The van der Waals surface area contributed by atoms with Crippen molar-refractivity contribution in [2.24, 2.45) is 11.7 Å². The van der Waals surface area contributed by atoms with Crippen LogP contribution in [0.3, 0.4) is 0 Å². The maximum Gasteiger partial charge on any atom is 0.220 e. The van der Waals surface area contributed by atoms with E-state index in [4.69, 9.17) is 15.2 Å². The van der Waals surface area contributed by atoms with Gasteiger partial charge in [-0.3, -0.25) is 4.79 Å². The molecule has 0 aromatic rings. The van der Waals surface area contributed by atoms with Gasteiger partial charge in [-0.2, -0.15) is 0 Å². The van der Waals surface area contributed by atoms with Crippen LogP contribution < -0.4 is 11.1 Å². The average Bonchev–Trinajstić information content (AvgIpc) is 2.63. The molecule has 0 spiro atoms. The molecule has 1 fully saturated rings. The summed E-state index contributed by atoms with van der Waals surface area (Å²) in [7, 11) is 0. The molecule has 5 heteroatoms. The van der Waals surface area contributed by atoms with E-state index in [2.05, 4.69) is 5.32 Å². The topological polar surface area (TPSA) is 73.6 Å². The number of nitrogens with one attached hydrogen (secondary N) is 1. The van der Waals surface area contributed by atoms with Crippen molar-refractivity contribution in [2.75, 3.05) is 19.7 Å². The molecule has 1 amide bonds. The summed E-state index contributed by atoms with van der Waals surface area (Å²) in [4.78, 5) is 11.5. The highest BCUT2D eigenvalue weighted by molar-refractivity contribution is 5.75. The van der Waals surface area contributed by atoms with Crippen LogP contribution in [0.1, 0.15) is 33.6 Å². The zero-order valence-corrected chi connectivity index (χ0v) is 11.0. The monoisotopic (exact) mass is 244 g/mol. The van der Waals surface area contributed by atoms with Gasteiger partial charge in [0.1, 0.15) is 6.10 Å². The molecule has 0 aromatic carbocycles. The molecular weight excluding hydrogens is 220 g/mol. The molecule has 1 aliphatic heterocycles. The minimum absolute atomic E-state index is 0.0409. The lowest BCUT2D eigenvalue weighted by Gasteiger charge is -2.17. The Kier molecular flexibility index (Phi) is 5.36. The summed E-state index contributed by atoms with van der Waals surface area (Å²) in [5.41, 5.74) is 5.49. The minimum Gasteiger partial charge on any atom is -0.353 e. The van der Waals surface area contributed by atoms with Crippen LogP contribution in [0.15, 0.2) is 0 Å². The Balaban J connectivity index is 2.12. The predicted octanol–water partition coefficient (Wildman–Crippen LogP) is 0.629. The molecule has 2 unspecified atom stereocenters. The van der Waals surface area contributed by atoms with Gasteiger partial charge in [-0.05, 0) is 32.7 Å². The van der Waals surface area contributed by atoms with Crippen molar-refractivity contribution in [3.8, 4) is 0 Å². The average molecular weight is 244 g/mol. The van der Waals surface area contributed by atoms with E-state index in [1.54, 1.807) is 0 Å². The van der Waals surface area contributed by atoms with Crippen LogP contribution in [0.5, 0.6) is 0 Å². The van der Waals surface area contributed by atoms with Crippen LogP contribution in [0, 0.1) is 5.92 Å². The highest BCUT2D eigenvalue weighted by Crippen LogP contribution is 2.21. The Morgan fingerprint density at radius 1 is 1.59 bits per heavy atom. The van der Waals surface area contributed by atoms with Gasteiger partial charge in [0.15, 0.2) is 5.79 Å². The maximum absolute atomic E-state index is 11.5. The molecule has 0 aromatic heterocycles. The standard InChI is InChI=1S/C12H24N2O3/c1-9(6-13)4-5-11(15)14-7-10-8-16-12(2,3)17-10/h9-10H,4-8,13H2,1-3H3,(H,14,15). The van der Waals surface area contributed by atoms with Crippen LogP contribution in [-0.4, -0.2) is 37.5 Å². The lowest BCUT2D eigenvalue weighted by atomic mass is 10.1. The van der Waals surface area contributed by atoms with Crippen LogP contribution in [0.25, 0.3) is 0 Å². The largest absolute Gasteiger partial charge is 0.353 e. The van der Waals surface area contributed by atoms with Gasteiger partial charge < -0.3 is 20.5 Å². The molecule has 0 aliphatic carbocycles. The number of hydrogen-bond donors (Lipinski definition) is 2. The Morgan fingerprint density at radius 2 is 2.29 bits per heavy atom. The summed E-state index contributed by atoms with van der Waals surface area (Å²) < 4.78 is 11.0. The van der Waals surface area contributed by atoms with E-state index in [0.717, 1.165) is 6.42 Å². The molecule has 2 atom stereocenters. The Bertz CT molecular complexity index is 256. The number of ether oxygens (including phenoxy) is 2. The first-order valence-electron chi connectivity index (χ1n) is 6.21. The van der Waals surface area contributed by atoms with E-state index in [1.165, 1.54) is 0 Å². The Labute approximate surface area is 103 Å². The summed E-state index contributed by atoms with van der Waals surface area (Å²) >= 11 is 0. The van der Waals surface area contributed by atoms with Crippen molar-refractivity contribution in [2.45, 2.75) is 45.5 Å². The van der Waals surface area contributed by atoms with Crippen LogP contribution in [-0.2, 0) is 14.3 Å². The number of carbonyl (C=O) groups excluding carboxylic acids is 1. The van der Waals surface area contributed by atoms with Crippen molar-refractivity contribution < 1.29 is 14.3 Å². The highest BCUT2D eigenvalue weighted by atomic mass is 16.7. The molecule has 1 rings (SSSR count). The van der Waals surface area contributed by atoms with Gasteiger partial charge in [-0.1, -0.05) is 6.92 Å². The quantitative estimate of drug-likeness (QED) is 0.718. The fraction of sp³-hybridized carbons (Fsp3) is 0.917. The number of amides is 1. The molecule has 0 saturated carbocycles. The van der Waals surface area contributed by atoms with Crippen molar-refractivity contribution in [3.63, 3.8) is 0 Å². The van der Waals surface area contributed by atoms with E-state index in [0.29, 0.717) is 32.0 Å². The number of rotatable bonds is 6. The molecule has 1 heterocycles. The van der Waals surface area contributed by atoms with Gasteiger partial charge >= 0.3 is 0 Å². The van der Waals surface area contributed by atoms with E-state index in [9.17, 15) is 4.79 Å². The molecule has 3 N–H and O–H groups in total. The summed E-state index contributed by atoms with van der Waals surface area (Å²) in [6.07, 6.45) is 1.31. The van der Waals surface area contributed by atoms with Gasteiger partial charge in [0, 0.05) is 13.0 Å². The molecule has 1 aliphatic rings. The van der Waals surface area contributed by atoms with Crippen molar-refractivity contribution in [1.82, 2.24) is 5.32 Å². The maximum atomic E-state index is 11.5. The molecule has 5 nitrogen and oxygen atoms in total. The number of carbonyl (C=O) groups is 1. The normalized spacial score (nSPS) is 24.6. The highest BCUT2D eigenvalue weighted by Gasteiger charge is 2.32. The fourth-order valence-electron chi connectivity index (χ4n) is 1.68. The third-order valence-corrected chi connectivity index (χ3v) is 2.86. The van der Waals surface area contributed by atoms with E-state index in [-0.39, 0.29) is 12.0 Å². The number of nitrogens with two attached hydrogens (primary N) is 1. The van der Waals surface area contributed by atoms with E-state index >= 15 is 0 Å². The van der Waals surface area contributed by atoms with Gasteiger partial charge in [-0.15, -0.1) is 0 Å². The van der Waals surface area contributed by atoms with E-state index in [1.807, 2.05) is 20.8 Å². The summed E-state index contributed by atoms with van der Waals surface area (Å²) in [5.74, 6) is -0.0759. The zero-order valence-electron chi connectivity index (χ0n) is 11.0. The molecule has 17 heavy (non-hydrogen) atoms. The van der Waals surface area contributed by atoms with Crippen LogP contribution in [0.2, 0.25) is 0 Å². The zero-order chi connectivity index (χ0) is 12.9. The van der Waals surface area contributed by atoms with Gasteiger partial charge in [-0.25, -0.2) is 0 Å². The first kappa shape index (κ1) is 14.4. The Hall–Kier alpha value is -0.650. The lowest BCUT2D eigenvalue weighted by molar-refractivity contribution is -0.139. The van der Waals surface area contributed by atoms with Crippen molar-refractivity contribution in [3.05, 3.63) is 0 Å². The van der Waals surface area contributed by atoms with Crippen molar-refractivity contribution >= 4 is 5.91 Å². The van der Waals surface area contributed by atoms with Crippen LogP contribution >= 0.6 is 0 Å². The third-order valence-electron chi connectivity index (χ3n) is 2.86.